The molecule has 1 N–H and O–H groups in total. The summed E-state index contributed by atoms with van der Waals surface area (Å²) in [5.41, 5.74) is 3.75. The molecule has 11 nitrogen and oxygen atoms in total. The fourth-order valence-electron chi connectivity index (χ4n) is 5.03. The first-order valence-corrected chi connectivity index (χ1v) is 18.9. The Morgan fingerprint density at radius 3 is 2.34 bits per heavy atom. The number of benzene rings is 2. The van der Waals surface area contributed by atoms with Gasteiger partial charge in [-0.05, 0) is 82.7 Å². The number of aliphatic imine (C=N–C) groups is 1. The summed E-state index contributed by atoms with van der Waals surface area (Å²) in [6, 6.07) is 17.6. The third-order valence-electron chi connectivity index (χ3n) is 8.09. The molecule has 1 unspecified atom stereocenters. The number of nitrogens with one attached hydrogen (secondary N) is 1. The molecule has 2 aliphatic rings. The molecule has 53 heavy (non-hydrogen) atoms. The molecule has 2 fully saturated rings. The number of hydrogen-bond acceptors (Lipinski definition) is 10. The second kappa shape index (κ2) is 27.0. The molecular weight excluding hydrogens is 691 g/mol. The minimum Gasteiger partial charge on any atom is -0.468 e. The lowest BCUT2D eigenvalue weighted by atomic mass is 10.2. The van der Waals surface area contributed by atoms with Crippen LogP contribution in [0.3, 0.4) is 0 Å². The van der Waals surface area contributed by atoms with E-state index in [1.807, 2.05) is 80.6 Å². The summed E-state index contributed by atoms with van der Waals surface area (Å²) in [7, 11) is 2.14. The lowest BCUT2D eigenvalue weighted by molar-refractivity contribution is -0.130. The zero-order chi connectivity index (χ0) is 38.7. The van der Waals surface area contributed by atoms with Gasteiger partial charge < -0.3 is 29.3 Å². The summed E-state index contributed by atoms with van der Waals surface area (Å²) in [5.74, 6) is 0.612. The number of ether oxygens (including phenoxy) is 3. The molecule has 4 rings (SSSR count). The highest BCUT2D eigenvalue weighted by Crippen LogP contribution is 2.33. The lowest BCUT2D eigenvalue weighted by Gasteiger charge is -2.28. The largest absolute Gasteiger partial charge is 0.468 e. The molecule has 1 atom stereocenters. The van der Waals surface area contributed by atoms with Gasteiger partial charge in [0, 0.05) is 30.9 Å². The molecular formula is C41H57N5O6S. The van der Waals surface area contributed by atoms with E-state index in [-0.39, 0.29) is 17.7 Å². The van der Waals surface area contributed by atoms with E-state index in [2.05, 4.69) is 59.5 Å². The topological polar surface area (TPSA) is 113 Å². The second-order valence-electron chi connectivity index (χ2n) is 11.9. The quantitative estimate of drug-likeness (QED) is 0.0961. The maximum absolute atomic E-state index is 13.3. The van der Waals surface area contributed by atoms with Crippen LogP contribution in [0.1, 0.15) is 52.5 Å². The third kappa shape index (κ3) is 17.2. The van der Waals surface area contributed by atoms with Gasteiger partial charge in [-0.1, -0.05) is 80.7 Å². The van der Waals surface area contributed by atoms with E-state index in [1.54, 1.807) is 4.90 Å². The average Bonchev–Trinajstić information content (AvgIpc) is 3.48. The predicted molar refractivity (Wildman–Crippen MR) is 217 cm³/mol. The van der Waals surface area contributed by atoms with Crippen molar-refractivity contribution in [3.05, 3.63) is 109 Å². The van der Waals surface area contributed by atoms with E-state index < -0.39 is 0 Å². The highest BCUT2D eigenvalue weighted by atomic mass is 32.2. The predicted octanol–water partition coefficient (Wildman–Crippen LogP) is 7.21. The normalized spacial score (nSPS) is 16.8. The van der Waals surface area contributed by atoms with Gasteiger partial charge in [0.25, 0.3) is 6.47 Å². The molecule has 0 bridgehead atoms. The van der Waals surface area contributed by atoms with Gasteiger partial charge in [0.2, 0.25) is 12.3 Å². The molecule has 0 radical (unpaired) electrons. The summed E-state index contributed by atoms with van der Waals surface area (Å²) < 4.78 is 15.5. The summed E-state index contributed by atoms with van der Waals surface area (Å²) in [4.78, 5) is 44.8. The van der Waals surface area contributed by atoms with Crippen molar-refractivity contribution < 1.29 is 28.6 Å². The van der Waals surface area contributed by atoms with E-state index in [4.69, 9.17) is 14.5 Å². The Hall–Kier alpha value is -4.65. The number of anilines is 1. The van der Waals surface area contributed by atoms with E-state index in [0.717, 1.165) is 48.9 Å². The highest BCUT2D eigenvalue weighted by Gasteiger charge is 2.37. The van der Waals surface area contributed by atoms with Gasteiger partial charge in [-0.3, -0.25) is 19.3 Å². The number of thioether (sulfide) groups is 1. The minimum atomic E-state index is -0.289. The number of hydrogen-bond donors (Lipinski definition) is 1. The summed E-state index contributed by atoms with van der Waals surface area (Å²) >= 11 is 1.45. The van der Waals surface area contributed by atoms with Crippen molar-refractivity contribution in [2.45, 2.75) is 58.8 Å². The van der Waals surface area contributed by atoms with Crippen LogP contribution in [0, 0.1) is 0 Å². The zero-order valence-electron chi connectivity index (χ0n) is 31.9. The van der Waals surface area contributed by atoms with E-state index in [1.165, 1.54) is 37.5 Å². The Balaban J connectivity index is 0.000000468. The number of amides is 2. The zero-order valence-corrected chi connectivity index (χ0v) is 32.8. The van der Waals surface area contributed by atoms with Gasteiger partial charge in [0.15, 0.2) is 5.17 Å². The standard InChI is InChI=1S/C27H34N4O4S.C8H8O2.C6H15N/c1-4-21(28-20-32)9-7-8-10-25-26(33)31(19-24(5-2)35-6-3)27(36-25)29-22-11-13-23(14-12-22)30-15-17-34-18-16-30;9-7-10-6-8-4-2-1-3-5-8;1-4-6-7(3)5-2/h4-8,11-14,20,25H,3,9-10,15-19H2,1-2H3,(H,28,32);1-5,7H,6H2;4-6H2,1-3H3/b8-7-,21-4+,24-5-,29-27?;;. The molecule has 2 heterocycles. The minimum absolute atomic E-state index is 0.0161. The van der Waals surface area contributed by atoms with E-state index in [0.29, 0.717) is 43.3 Å². The maximum Gasteiger partial charge on any atom is 0.293 e. The van der Waals surface area contributed by atoms with Crippen molar-refractivity contribution in [2.24, 2.45) is 4.99 Å². The van der Waals surface area contributed by atoms with Crippen molar-refractivity contribution in [3.8, 4) is 0 Å². The monoisotopic (exact) mass is 747 g/mol. The van der Waals surface area contributed by atoms with Crippen LogP contribution in [0.5, 0.6) is 0 Å². The molecule has 2 aliphatic heterocycles. The Morgan fingerprint density at radius 2 is 1.77 bits per heavy atom. The number of allylic oxidation sites excluding steroid dienone is 4. The molecule has 2 amide bonds. The summed E-state index contributed by atoms with van der Waals surface area (Å²) in [6.45, 7) is 18.4. The van der Waals surface area contributed by atoms with Gasteiger partial charge in [0.05, 0.1) is 37.0 Å². The van der Waals surface area contributed by atoms with Crippen molar-refractivity contribution in [1.82, 2.24) is 15.1 Å². The van der Waals surface area contributed by atoms with Crippen molar-refractivity contribution in [3.63, 3.8) is 0 Å². The van der Waals surface area contributed by atoms with Crippen molar-refractivity contribution in [2.75, 3.05) is 57.9 Å². The molecule has 0 aliphatic carbocycles. The summed E-state index contributed by atoms with van der Waals surface area (Å²) in [6.07, 6.45) is 12.0. The molecule has 12 heteroatoms. The van der Waals surface area contributed by atoms with Gasteiger partial charge in [-0.15, -0.1) is 0 Å². The van der Waals surface area contributed by atoms with Gasteiger partial charge >= 0.3 is 0 Å². The molecule has 0 spiro atoms. The molecule has 288 valence electrons. The Kier molecular flexibility index (Phi) is 22.7. The third-order valence-corrected chi connectivity index (χ3v) is 9.30. The Labute approximate surface area is 320 Å². The fraction of sp³-hybridized carbons (Fsp3) is 0.415. The molecule has 2 aromatic carbocycles. The number of nitrogens with zero attached hydrogens (tertiary/aromatic N) is 4. The Bertz CT molecular complexity index is 1490. The van der Waals surface area contributed by atoms with E-state index in [9.17, 15) is 14.4 Å². The molecule has 0 aromatic heterocycles. The number of rotatable bonds is 18. The summed E-state index contributed by atoms with van der Waals surface area (Å²) in [5, 5.41) is 3.02. The van der Waals surface area contributed by atoms with Crippen LogP contribution in [0.15, 0.2) is 108 Å². The molecule has 2 aromatic rings. The average molecular weight is 748 g/mol. The number of carbonyl (C=O) groups excluding carboxylic acids is 3. The van der Waals surface area contributed by atoms with Crippen molar-refractivity contribution in [1.29, 1.82) is 0 Å². The first kappa shape index (κ1) is 44.5. The van der Waals surface area contributed by atoms with Crippen LogP contribution in [0.25, 0.3) is 0 Å². The smallest absolute Gasteiger partial charge is 0.293 e. The Morgan fingerprint density at radius 1 is 1.06 bits per heavy atom. The van der Waals surface area contributed by atoms with Crippen LogP contribution in [0.2, 0.25) is 0 Å². The second-order valence-corrected chi connectivity index (χ2v) is 13.0. The fourth-order valence-corrected chi connectivity index (χ4v) is 6.16. The van der Waals surface area contributed by atoms with Crippen LogP contribution in [-0.2, 0) is 35.2 Å². The van der Waals surface area contributed by atoms with Gasteiger partial charge in [-0.2, -0.15) is 0 Å². The van der Waals surface area contributed by atoms with Gasteiger partial charge in [-0.25, -0.2) is 4.99 Å². The van der Waals surface area contributed by atoms with Crippen LogP contribution in [-0.4, -0.2) is 92.0 Å². The molecule has 2 saturated heterocycles. The maximum atomic E-state index is 13.3. The van der Waals surface area contributed by atoms with E-state index >= 15 is 0 Å². The SMILES string of the molecule is C=CO/C(=C\C)CN1C(=O)C(C/C=C\C/C(=C\C)NC=O)SC1=Nc1ccc(N2CCOCC2)cc1.CCCN(C)CC.O=COCc1ccccc1. The van der Waals surface area contributed by atoms with Crippen LogP contribution < -0.4 is 10.2 Å². The number of morpholine rings is 1. The lowest BCUT2D eigenvalue weighted by Crippen LogP contribution is -2.36. The number of carbonyl (C=O) groups is 3. The number of amidine groups is 1. The van der Waals surface area contributed by atoms with Crippen LogP contribution in [0.4, 0.5) is 11.4 Å². The first-order chi connectivity index (χ1) is 25.8. The van der Waals surface area contributed by atoms with Gasteiger partial charge in [0.1, 0.15) is 12.4 Å². The first-order valence-electron chi connectivity index (χ1n) is 18.0. The van der Waals surface area contributed by atoms with Crippen LogP contribution >= 0.6 is 11.8 Å². The molecule has 0 saturated carbocycles. The van der Waals surface area contributed by atoms with Crippen molar-refractivity contribution >= 4 is 47.1 Å². The highest BCUT2D eigenvalue weighted by molar-refractivity contribution is 8.15.